The van der Waals surface area contributed by atoms with Crippen LogP contribution in [0.4, 0.5) is 4.79 Å². The highest BCUT2D eigenvalue weighted by Crippen LogP contribution is 2.12. The van der Waals surface area contributed by atoms with Gasteiger partial charge >= 0.3 is 6.09 Å². The molecule has 3 heteroatoms. The maximum Gasteiger partial charge on any atom is 0.407 e. The van der Waals surface area contributed by atoms with Crippen molar-refractivity contribution in [3.8, 4) is 0 Å². The molecule has 0 bridgehead atoms. The lowest BCUT2D eigenvalue weighted by molar-refractivity contribution is 0.0523. The van der Waals surface area contributed by atoms with Crippen molar-refractivity contribution < 1.29 is 9.53 Å². The van der Waals surface area contributed by atoms with Crippen LogP contribution in [-0.2, 0) is 17.7 Å². The van der Waals surface area contributed by atoms with E-state index in [1.807, 2.05) is 45.0 Å². The van der Waals surface area contributed by atoms with E-state index in [1.165, 1.54) is 5.56 Å². The summed E-state index contributed by atoms with van der Waals surface area (Å²) in [5.41, 5.74) is 1.89. The molecule has 3 nitrogen and oxygen atoms in total. The lowest BCUT2D eigenvalue weighted by atomic mass is 10.0. The third-order valence-corrected chi connectivity index (χ3v) is 2.56. The van der Waals surface area contributed by atoms with Gasteiger partial charge in [0.2, 0.25) is 0 Å². The molecule has 19 heavy (non-hydrogen) atoms. The summed E-state index contributed by atoms with van der Waals surface area (Å²) < 4.78 is 5.21. The van der Waals surface area contributed by atoms with E-state index >= 15 is 0 Å². The second kappa shape index (κ2) is 6.98. The minimum atomic E-state index is -0.466. The van der Waals surface area contributed by atoms with Crippen molar-refractivity contribution in [2.24, 2.45) is 0 Å². The summed E-state index contributed by atoms with van der Waals surface area (Å²) in [5, 5.41) is 2.79. The van der Waals surface area contributed by atoms with Gasteiger partial charge in [-0.2, -0.15) is 0 Å². The van der Waals surface area contributed by atoms with Gasteiger partial charge in [-0.15, -0.1) is 6.58 Å². The standard InChI is InChI=1S/C16H23NO2/c1-5-6-9-13-10-7-8-11-14(13)12-17-15(18)19-16(2,3)4/h5,7-8,10-11H,1,6,9,12H2,2-4H3,(H,17,18). The average Bonchev–Trinajstić information content (AvgIpc) is 2.32. The van der Waals surface area contributed by atoms with Crippen LogP contribution in [0.15, 0.2) is 36.9 Å². The second-order valence-corrected chi connectivity index (χ2v) is 5.45. The molecule has 0 fully saturated rings. The first-order chi connectivity index (χ1) is 8.92. The Morgan fingerprint density at radius 1 is 1.32 bits per heavy atom. The van der Waals surface area contributed by atoms with Crippen LogP contribution in [0.2, 0.25) is 0 Å². The third-order valence-electron chi connectivity index (χ3n) is 2.56. The van der Waals surface area contributed by atoms with E-state index in [0.717, 1.165) is 18.4 Å². The molecule has 0 radical (unpaired) electrons. The SMILES string of the molecule is C=CCCc1ccccc1CNC(=O)OC(C)(C)C. The molecule has 0 heterocycles. The van der Waals surface area contributed by atoms with Gasteiger partial charge in [-0.3, -0.25) is 0 Å². The molecule has 1 N–H and O–H groups in total. The maximum absolute atomic E-state index is 11.6. The third kappa shape index (κ3) is 6.09. The Bertz CT molecular complexity index is 433. The quantitative estimate of drug-likeness (QED) is 0.818. The minimum absolute atomic E-state index is 0.383. The topological polar surface area (TPSA) is 38.3 Å². The van der Waals surface area contributed by atoms with Crippen molar-refractivity contribution >= 4 is 6.09 Å². The summed E-state index contributed by atoms with van der Waals surface area (Å²) in [5.74, 6) is 0. The van der Waals surface area contributed by atoms with E-state index in [1.54, 1.807) is 0 Å². The Hall–Kier alpha value is -1.77. The van der Waals surface area contributed by atoms with Crippen LogP contribution in [0, 0.1) is 0 Å². The van der Waals surface area contributed by atoms with Crippen LogP contribution in [0.25, 0.3) is 0 Å². The number of amides is 1. The molecular weight excluding hydrogens is 238 g/mol. The van der Waals surface area contributed by atoms with Gasteiger partial charge in [0, 0.05) is 6.54 Å². The Kier molecular flexibility index (Phi) is 5.61. The molecular formula is C16H23NO2. The van der Waals surface area contributed by atoms with Crippen LogP contribution in [0.5, 0.6) is 0 Å². The van der Waals surface area contributed by atoms with Crippen molar-refractivity contribution in [3.63, 3.8) is 0 Å². The first-order valence-corrected chi connectivity index (χ1v) is 6.57. The predicted molar refractivity (Wildman–Crippen MR) is 78.0 cm³/mol. The number of allylic oxidation sites excluding steroid dienone is 1. The van der Waals surface area contributed by atoms with E-state index < -0.39 is 5.60 Å². The van der Waals surface area contributed by atoms with Crippen molar-refractivity contribution in [1.29, 1.82) is 0 Å². The van der Waals surface area contributed by atoms with Gasteiger partial charge in [0.05, 0.1) is 0 Å². The van der Waals surface area contributed by atoms with E-state index in [-0.39, 0.29) is 6.09 Å². The van der Waals surface area contributed by atoms with Crippen LogP contribution >= 0.6 is 0 Å². The van der Waals surface area contributed by atoms with Gasteiger partial charge in [0.25, 0.3) is 0 Å². The molecule has 1 amide bonds. The molecule has 0 aromatic heterocycles. The van der Waals surface area contributed by atoms with Gasteiger partial charge in [-0.05, 0) is 44.7 Å². The van der Waals surface area contributed by atoms with Gasteiger partial charge in [-0.25, -0.2) is 4.79 Å². The number of hydrogen-bond donors (Lipinski definition) is 1. The monoisotopic (exact) mass is 261 g/mol. The van der Waals surface area contributed by atoms with Crippen molar-refractivity contribution in [2.45, 2.75) is 45.8 Å². The molecule has 0 saturated heterocycles. The molecule has 1 aromatic rings. The van der Waals surface area contributed by atoms with Crippen molar-refractivity contribution in [1.82, 2.24) is 5.32 Å². The minimum Gasteiger partial charge on any atom is -0.444 e. The zero-order valence-corrected chi connectivity index (χ0v) is 12.0. The zero-order valence-electron chi connectivity index (χ0n) is 12.0. The van der Waals surface area contributed by atoms with E-state index in [9.17, 15) is 4.79 Å². The fraction of sp³-hybridized carbons (Fsp3) is 0.438. The largest absolute Gasteiger partial charge is 0.444 e. The first kappa shape index (κ1) is 15.3. The highest BCUT2D eigenvalue weighted by molar-refractivity contribution is 5.67. The van der Waals surface area contributed by atoms with Crippen LogP contribution in [-0.4, -0.2) is 11.7 Å². The molecule has 0 aliphatic rings. The summed E-state index contributed by atoms with van der Waals surface area (Å²) >= 11 is 0. The highest BCUT2D eigenvalue weighted by Gasteiger charge is 2.15. The summed E-state index contributed by atoms with van der Waals surface area (Å²) in [6, 6.07) is 8.09. The molecule has 0 spiro atoms. The number of benzene rings is 1. The lowest BCUT2D eigenvalue weighted by Crippen LogP contribution is -2.32. The van der Waals surface area contributed by atoms with Gasteiger partial charge in [-0.1, -0.05) is 30.3 Å². The molecule has 0 atom stereocenters. The van der Waals surface area contributed by atoms with Gasteiger partial charge in [0.15, 0.2) is 0 Å². The average molecular weight is 261 g/mol. The number of rotatable bonds is 5. The maximum atomic E-state index is 11.6. The van der Waals surface area contributed by atoms with Crippen LogP contribution < -0.4 is 5.32 Å². The van der Waals surface area contributed by atoms with Crippen molar-refractivity contribution in [2.75, 3.05) is 0 Å². The first-order valence-electron chi connectivity index (χ1n) is 6.57. The number of nitrogens with one attached hydrogen (secondary N) is 1. The number of aryl methyl sites for hydroxylation is 1. The molecule has 0 aliphatic heterocycles. The summed E-state index contributed by atoms with van der Waals surface area (Å²) in [4.78, 5) is 11.6. The fourth-order valence-corrected chi connectivity index (χ4v) is 1.71. The van der Waals surface area contributed by atoms with E-state index in [2.05, 4.69) is 18.0 Å². The number of carbonyl (C=O) groups is 1. The smallest absolute Gasteiger partial charge is 0.407 e. The lowest BCUT2D eigenvalue weighted by Gasteiger charge is -2.20. The fourth-order valence-electron chi connectivity index (χ4n) is 1.71. The predicted octanol–water partition coefficient (Wildman–Crippen LogP) is 3.83. The Morgan fingerprint density at radius 2 is 1.95 bits per heavy atom. The Morgan fingerprint density at radius 3 is 2.53 bits per heavy atom. The van der Waals surface area contributed by atoms with Crippen LogP contribution in [0.3, 0.4) is 0 Å². The summed E-state index contributed by atoms with van der Waals surface area (Å²) in [6.45, 7) is 9.77. The normalized spacial score (nSPS) is 10.9. The second-order valence-electron chi connectivity index (χ2n) is 5.45. The molecule has 0 saturated carbocycles. The number of carbonyl (C=O) groups excluding carboxylic acids is 1. The number of ether oxygens (including phenoxy) is 1. The number of alkyl carbamates (subject to hydrolysis) is 1. The Balaban J connectivity index is 2.57. The van der Waals surface area contributed by atoms with E-state index in [0.29, 0.717) is 6.54 Å². The number of hydrogen-bond acceptors (Lipinski definition) is 2. The molecule has 104 valence electrons. The highest BCUT2D eigenvalue weighted by atomic mass is 16.6. The molecule has 0 unspecified atom stereocenters. The van der Waals surface area contributed by atoms with Crippen molar-refractivity contribution in [3.05, 3.63) is 48.0 Å². The zero-order chi connectivity index (χ0) is 14.3. The molecule has 0 aliphatic carbocycles. The molecule has 1 rings (SSSR count). The Labute approximate surface area is 115 Å². The van der Waals surface area contributed by atoms with E-state index in [4.69, 9.17) is 4.74 Å². The molecule has 1 aromatic carbocycles. The van der Waals surface area contributed by atoms with Crippen LogP contribution in [0.1, 0.15) is 38.3 Å². The van der Waals surface area contributed by atoms with Gasteiger partial charge in [0.1, 0.15) is 5.60 Å². The summed E-state index contributed by atoms with van der Waals surface area (Å²) in [6.07, 6.45) is 3.39. The summed E-state index contributed by atoms with van der Waals surface area (Å²) in [7, 11) is 0. The van der Waals surface area contributed by atoms with Gasteiger partial charge < -0.3 is 10.1 Å².